The number of hydrogen-bond donors (Lipinski definition) is 2. The van der Waals surface area contributed by atoms with Crippen molar-refractivity contribution >= 4 is 22.9 Å². The number of aromatic hydroxyl groups is 2. The Kier molecular flexibility index (Phi) is 1.33. The maximum absolute atomic E-state index is 8.74. The van der Waals surface area contributed by atoms with Gasteiger partial charge in [-0.15, -0.1) is 0 Å². The van der Waals surface area contributed by atoms with Crippen LogP contribution in [0.25, 0.3) is 0 Å². The third kappa shape index (κ3) is 0.750. The number of nitrogens with zero attached hydrogens (tertiary/aromatic N) is 1. The van der Waals surface area contributed by atoms with Crippen molar-refractivity contribution in [3.8, 4) is 11.8 Å². The Morgan fingerprint density at radius 3 is 1.75 bits per heavy atom. The minimum Gasteiger partial charge on any atom is -0.494 e. The van der Waals surface area contributed by atoms with Crippen LogP contribution in [-0.4, -0.2) is 13.0 Å². The smallest absolute Gasteiger partial charge is 0.203 e. The van der Waals surface area contributed by atoms with Gasteiger partial charge in [0.15, 0.2) is 0 Å². The maximum atomic E-state index is 8.74. The largest absolute Gasteiger partial charge is 0.494 e. The second kappa shape index (κ2) is 1.85. The van der Waals surface area contributed by atoms with E-state index in [9.17, 15) is 0 Å². The molecule has 1 rings (SSSR count). The van der Waals surface area contributed by atoms with E-state index < -0.39 is 0 Å². The molecule has 0 saturated heterocycles. The average molecular weight is 225 g/mol. The van der Waals surface area contributed by atoms with E-state index in [2.05, 4.69) is 0 Å². The van der Waals surface area contributed by atoms with Crippen molar-refractivity contribution in [2.45, 2.75) is 0 Å². The summed E-state index contributed by atoms with van der Waals surface area (Å²) in [4.78, 5) is 0. The molecule has 0 amide bonds. The lowest BCUT2D eigenvalue weighted by Gasteiger charge is -1.90. The molecule has 3 nitrogen and oxygen atoms in total. The average Bonchev–Trinajstić information content (AvgIpc) is 1.98. The predicted octanol–water partition coefficient (Wildman–Crippen LogP) is 1.10. The topological polar surface area (TPSA) is 45.4 Å². The van der Waals surface area contributed by atoms with Gasteiger partial charge in [-0.1, -0.05) is 0 Å². The minimum absolute atomic E-state index is 0.0584. The summed E-state index contributed by atoms with van der Waals surface area (Å²) in [7, 11) is 0. The summed E-state index contributed by atoms with van der Waals surface area (Å²) in [5.41, 5.74) is 0. The Hall–Kier alpha value is -0.390. The SMILES string of the molecule is Oc1ccc(O)n1I. The monoisotopic (exact) mass is 225 g/mol. The molecule has 0 radical (unpaired) electrons. The second-order valence-corrected chi connectivity index (χ2v) is 2.30. The summed E-state index contributed by atoms with van der Waals surface area (Å²) in [5.74, 6) is 0.117. The number of hydrogen-bond acceptors (Lipinski definition) is 2. The van der Waals surface area contributed by atoms with Gasteiger partial charge in [0, 0.05) is 12.1 Å². The highest BCUT2D eigenvalue weighted by Crippen LogP contribution is 2.22. The first kappa shape index (κ1) is 5.74. The first-order valence-corrected chi connectivity index (χ1v) is 2.94. The molecule has 0 atom stereocenters. The lowest BCUT2D eigenvalue weighted by Crippen LogP contribution is -1.72. The van der Waals surface area contributed by atoms with E-state index in [0.717, 1.165) is 0 Å². The van der Waals surface area contributed by atoms with Crippen LogP contribution in [0.1, 0.15) is 0 Å². The van der Waals surface area contributed by atoms with Crippen LogP contribution in [0.5, 0.6) is 11.8 Å². The molecule has 44 valence electrons. The summed E-state index contributed by atoms with van der Waals surface area (Å²) in [6, 6.07) is 2.84. The lowest BCUT2D eigenvalue weighted by atomic mass is 10.6. The fraction of sp³-hybridized carbons (Fsp3) is 0. The molecule has 1 heterocycles. The van der Waals surface area contributed by atoms with Crippen LogP contribution in [-0.2, 0) is 0 Å². The normalized spacial score (nSPS) is 9.62. The molecule has 0 aliphatic carbocycles. The molecule has 0 spiro atoms. The summed E-state index contributed by atoms with van der Waals surface area (Å²) in [6.45, 7) is 0. The molecule has 0 saturated carbocycles. The highest BCUT2D eigenvalue weighted by molar-refractivity contribution is 14.1. The zero-order valence-electron chi connectivity index (χ0n) is 3.87. The van der Waals surface area contributed by atoms with Crippen LogP contribution in [0, 0.1) is 0 Å². The quantitative estimate of drug-likeness (QED) is 0.649. The summed E-state index contributed by atoms with van der Waals surface area (Å²) in [5, 5.41) is 17.5. The molecule has 0 unspecified atom stereocenters. The van der Waals surface area contributed by atoms with Crippen molar-refractivity contribution in [2.75, 3.05) is 0 Å². The first-order chi connectivity index (χ1) is 3.72. The standard InChI is InChI=1S/C4H4INO2/c5-6-3(7)1-2-4(6)8/h1-2,7-8H. The molecule has 0 fully saturated rings. The van der Waals surface area contributed by atoms with Crippen molar-refractivity contribution in [1.82, 2.24) is 2.78 Å². The van der Waals surface area contributed by atoms with Crippen molar-refractivity contribution in [2.24, 2.45) is 0 Å². The maximum Gasteiger partial charge on any atom is 0.203 e. The fourth-order valence-electron chi connectivity index (χ4n) is 0.397. The van der Waals surface area contributed by atoms with Gasteiger partial charge >= 0.3 is 0 Å². The Bertz CT molecular complexity index is 176. The molecule has 0 aliphatic rings. The van der Waals surface area contributed by atoms with Gasteiger partial charge in [0.2, 0.25) is 11.8 Å². The molecule has 0 aromatic carbocycles. The van der Waals surface area contributed by atoms with Gasteiger partial charge in [-0.25, -0.2) is 2.78 Å². The minimum atomic E-state index is 0.0584. The van der Waals surface area contributed by atoms with Gasteiger partial charge in [0.25, 0.3) is 0 Å². The number of rotatable bonds is 0. The van der Waals surface area contributed by atoms with Gasteiger partial charge in [-0.3, -0.25) is 0 Å². The van der Waals surface area contributed by atoms with Crippen LogP contribution in [0.4, 0.5) is 0 Å². The van der Waals surface area contributed by atoms with Crippen LogP contribution in [0.2, 0.25) is 0 Å². The number of aromatic nitrogens is 1. The molecule has 0 aliphatic heterocycles. The summed E-state index contributed by atoms with van der Waals surface area (Å²) in [6.07, 6.45) is 0. The van der Waals surface area contributed by atoms with Crippen molar-refractivity contribution < 1.29 is 10.2 Å². The molecule has 2 N–H and O–H groups in total. The Labute approximate surface area is 60.1 Å². The zero-order chi connectivity index (χ0) is 6.15. The Morgan fingerprint density at radius 2 is 1.62 bits per heavy atom. The Balaban J connectivity index is 3.19. The molecule has 8 heavy (non-hydrogen) atoms. The van der Waals surface area contributed by atoms with Crippen LogP contribution in [0.3, 0.4) is 0 Å². The van der Waals surface area contributed by atoms with Crippen LogP contribution >= 0.6 is 22.9 Å². The lowest BCUT2D eigenvalue weighted by molar-refractivity contribution is 0.421. The highest BCUT2D eigenvalue weighted by atomic mass is 127. The molecule has 1 aromatic heterocycles. The van der Waals surface area contributed by atoms with E-state index in [1.165, 1.54) is 14.9 Å². The molecular weight excluding hydrogens is 221 g/mol. The van der Waals surface area contributed by atoms with Gasteiger partial charge < -0.3 is 10.2 Å². The highest BCUT2D eigenvalue weighted by Gasteiger charge is 1.98. The fourth-order valence-corrected chi connectivity index (χ4v) is 0.719. The van der Waals surface area contributed by atoms with Gasteiger partial charge in [-0.05, 0) is 0 Å². The molecular formula is C4H4INO2. The third-order valence-corrected chi connectivity index (χ3v) is 1.77. The van der Waals surface area contributed by atoms with Crippen LogP contribution < -0.4 is 0 Å². The van der Waals surface area contributed by atoms with E-state index >= 15 is 0 Å². The van der Waals surface area contributed by atoms with Crippen molar-refractivity contribution in [3.05, 3.63) is 12.1 Å². The predicted molar refractivity (Wildman–Crippen MR) is 37.2 cm³/mol. The van der Waals surface area contributed by atoms with Gasteiger partial charge in [0.1, 0.15) is 0 Å². The van der Waals surface area contributed by atoms with E-state index in [-0.39, 0.29) is 11.8 Å². The molecule has 4 heteroatoms. The summed E-state index contributed by atoms with van der Waals surface area (Å²) >= 11 is 1.78. The second-order valence-electron chi connectivity index (χ2n) is 1.33. The summed E-state index contributed by atoms with van der Waals surface area (Å²) < 4.78 is 1.25. The van der Waals surface area contributed by atoms with Crippen molar-refractivity contribution in [1.29, 1.82) is 0 Å². The third-order valence-electron chi connectivity index (χ3n) is 0.784. The number of halogens is 1. The van der Waals surface area contributed by atoms with E-state index in [1.54, 1.807) is 22.9 Å². The molecule has 0 bridgehead atoms. The van der Waals surface area contributed by atoms with Gasteiger partial charge in [-0.2, -0.15) is 0 Å². The van der Waals surface area contributed by atoms with E-state index in [1.807, 2.05) is 0 Å². The zero-order valence-corrected chi connectivity index (χ0v) is 6.03. The first-order valence-electron chi connectivity index (χ1n) is 1.97. The van der Waals surface area contributed by atoms with Gasteiger partial charge in [0.05, 0.1) is 22.9 Å². The van der Waals surface area contributed by atoms with E-state index in [4.69, 9.17) is 10.2 Å². The molecule has 1 aromatic rings. The van der Waals surface area contributed by atoms with Crippen molar-refractivity contribution in [3.63, 3.8) is 0 Å². The van der Waals surface area contributed by atoms with E-state index in [0.29, 0.717) is 0 Å². The van der Waals surface area contributed by atoms with Crippen LogP contribution in [0.15, 0.2) is 12.1 Å². The Morgan fingerprint density at radius 1 is 1.25 bits per heavy atom.